The molecular weight excluding hydrogens is 282 g/mol. The molecule has 130 valence electrons. The fourth-order valence-corrected chi connectivity index (χ4v) is 2.30. The number of carbonyl (C=O) groups excluding carboxylic acids is 1. The van der Waals surface area contributed by atoms with Crippen molar-refractivity contribution in [2.45, 2.75) is 20.8 Å². The van der Waals surface area contributed by atoms with E-state index >= 15 is 0 Å². The van der Waals surface area contributed by atoms with Crippen LogP contribution in [0, 0.1) is 5.92 Å². The van der Waals surface area contributed by atoms with Crippen LogP contribution in [-0.2, 0) is 14.3 Å². The van der Waals surface area contributed by atoms with E-state index in [9.17, 15) is 4.79 Å². The number of nitrogens with one attached hydrogen (secondary N) is 1. The number of nitrogens with zero attached hydrogens (tertiary/aromatic N) is 2. The molecule has 0 aromatic carbocycles. The molecule has 6 nitrogen and oxygen atoms in total. The lowest BCUT2D eigenvalue weighted by atomic mass is 10.2. The van der Waals surface area contributed by atoms with Gasteiger partial charge in [0.05, 0.1) is 26.4 Å². The fraction of sp³-hybridized carbons (Fsp3) is 0.938. The highest BCUT2D eigenvalue weighted by Gasteiger charge is 2.14. The zero-order valence-corrected chi connectivity index (χ0v) is 14.5. The van der Waals surface area contributed by atoms with Crippen molar-refractivity contribution in [3.63, 3.8) is 0 Å². The van der Waals surface area contributed by atoms with Crippen molar-refractivity contribution in [2.75, 3.05) is 72.2 Å². The standard InChI is InChI=1S/C16H33N3O3/c1-4-18-6-8-19(9-7-18)10-12-22-14-13-21-11-5-17-16(20)15(2)3/h15H,4-14H2,1-3H3,(H,17,20). The largest absolute Gasteiger partial charge is 0.378 e. The van der Waals surface area contributed by atoms with Crippen LogP contribution in [0.15, 0.2) is 0 Å². The normalized spacial score (nSPS) is 17.1. The molecule has 0 atom stereocenters. The van der Waals surface area contributed by atoms with E-state index < -0.39 is 0 Å². The molecule has 1 N–H and O–H groups in total. The molecule has 1 fully saturated rings. The van der Waals surface area contributed by atoms with Crippen molar-refractivity contribution < 1.29 is 14.3 Å². The third-order valence-corrected chi connectivity index (χ3v) is 3.91. The molecule has 0 radical (unpaired) electrons. The van der Waals surface area contributed by atoms with E-state index in [4.69, 9.17) is 9.47 Å². The Morgan fingerprint density at radius 2 is 1.59 bits per heavy atom. The Morgan fingerprint density at radius 3 is 2.18 bits per heavy atom. The minimum Gasteiger partial charge on any atom is -0.378 e. The molecule has 1 saturated heterocycles. The second kappa shape index (κ2) is 11.8. The van der Waals surface area contributed by atoms with Crippen LogP contribution < -0.4 is 5.32 Å². The van der Waals surface area contributed by atoms with Crippen molar-refractivity contribution in [1.82, 2.24) is 15.1 Å². The molecule has 1 rings (SSSR count). The molecule has 1 amide bonds. The first-order valence-electron chi connectivity index (χ1n) is 8.51. The summed E-state index contributed by atoms with van der Waals surface area (Å²) in [5, 5.41) is 2.82. The first-order chi connectivity index (χ1) is 10.6. The number of carbonyl (C=O) groups is 1. The minimum absolute atomic E-state index is 0.0301. The van der Waals surface area contributed by atoms with E-state index in [1.54, 1.807) is 0 Å². The molecule has 0 aromatic rings. The summed E-state index contributed by atoms with van der Waals surface area (Å²) < 4.78 is 11.0. The summed E-state index contributed by atoms with van der Waals surface area (Å²) in [6.07, 6.45) is 0. The van der Waals surface area contributed by atoms with Gasteiger partial charge in [0.2, 0.25) is 5.91 Å². The van der Waals surface area contributed by atoms with Crippen molar-refractivity contribution in [3.05, 3.63) is 0 Å². The number of hydrogen-bond acceptors (Lipinski definition) is 5. The van der Waals surface area contributed by atoms with E-state index in [-0.39, 0.29) is 11.8 Å². The van der Waals surface area contributed by atoms with Gasteiger partial charge in [-0.05, 0) is 6.54 Å². The predicted molar refractivity (Wildman–Crippen MR) is 88.0 cm³/mol. The van der Waals surface area contributed by atoms with Crippen molar-refractivity contribution in [3.8, 4) is 0 Å². The molecule has 6 heteroatoms. The van der Waals surface area contributed by atoms with Crippen molar-refractivity contribution >= 4 is 5.91 Å². The van der Waals surface area contributed by atoms with Gasteiger partial charge in [-0.25, -0.2) is 0 Å². The summed E-state index contributed by atoms with van der Waals surface area (Å²) in [5.41, 5.74) is 0. The lowest BCUT2D eigenvalue weighted by Crippen LogP contribution is -2.47. The number of ether oxygens (including phenoxy) is 2. The molecule has 0 saturated carbocycles. The number of hydrogen-bond donors (Lipinski definition) is 1. The molecule has 0 aromatic heterocycles. The topological polar surface area (TPSA) is 54.0 Å². The third kappa shape index (κ3) is 8.68. The molecule has 0 spiro atoms. The lowest BCUT2D eigenvalue weighted by molar-refractivity contribution is -0.124. The van der Waals surface area contributed by atoms with E-state index in [1.165, 1.54) is 13.1 Å². The molecule has 0 bridgehead atoms. The number of rotatable bonds is 11. The number of likely N-dealkylation sites (N-methyl/N-ethyl adjacent to an activating group) is 1. The molecule has 1 aliphatic heterocycles. The maximum absolute atomic E-state index is 11.3. The highest BCUT2D eigenvalue weighted by atomic mass is 16.5. The Balaban J connectivity index is 1.83. The second-order valence-electron chi connectivity index (χ2n) is 5.95. The molecule has 0 aliphatic carbocycles. The Hall–Kier alpha value is -0.690. The summed E-state index contributed by atoms with van der Waals surface area (Å²) >= 11 is 0. The van der Waals surface area contributed by atoms with Gasteiger partial charge in [-0.3, -0.25) is 9.69 Å². The van der Waals surface area contributed by atoms with E-state index in [0.29, 0.717) is 26.4 Å². The van der Waals surface area contributed by atoms with Crippen LogP contribution in [-0.4, -0.2) is 87.9 Å². The van der Waals surface area contributed by atoms with Gasteiger partial charge >= 0.3 is 0 Å². The molecule has 1 aliphatic rings. The Bertz CT molecular complexity index is 292. The average Bonchev–Trinajstić information content (AvgIpc) is 2.53. The monoisotopic (exact) mass is 315 g/mol. The molecular formula is C16H33N3O3. The van der Waals surface area contributed by atoms with E-state index in [1.807, 2.05) is 13.8 Å². The Kier molecular flexibility index (Phi) is 10.4. The van der Waals surface area contributed by atoms with E-state index in [2.05, 4.69) is 22.0 Å². The van der Waals surface area contributed by atoms with Gasteiger partial charge in [0, 0.05) is 45.2 Å². The van der Waals surface area contributed by atoms with Crippen LogP contribution in [0.3, 0.4) is 0 Å². The fourth-order valence-electron chi connectivity index (χ4n) is 2.30. The summed E-state index contributed by atoms with van der Waals surface area (Å²) in [7, 11) is 0. The first-order valence-corrected chi connectivity index (χ1v) is 8.51. The molecule has 1 heterocycles. The summed E-state index contributed by atoms with van der Waals surface area (Å²) in [4.78, 5) is 16.2. The quantitative estimate of drug-likeness (QED) is 0.560. The van der Waals surface area contributed by atoms with E-state index in [0.717, 1.165) is 32.8 Å². The second-order valence-corrected chi connectivity index (χ2v) is 5.95. The lowest BCUT2D eigenvalue weighted by Gasteiger charge is -2.33. The first kappa shape index (κ1) is 19.4. The summed E-state index contributed by atoms with van der Waals surface area (Å²) in [6.45, 7) is 15.8. The van der Waals surface area contributed by atoms with Gasteiger partial charge in [0.1, 0.15) is 0 Å². The highest BCUT2D eigenvalue weighted by molar-refractivity contribution is 5.77. The molecule has 22 heavy (non-hydrogen) atoms. The highest BCUT2D eigenvalue weighted by Crippen LogP contribution is 2.00. The van der Waals surface area contributed by atoms with Crippen LogP contribution in [0.4, 0.5) is 0 Å². The number of piperazine rings is 1. The van der Waals surface area contributed by atoms with Crippen LogP contribution in [0.2, 0.25) is 0 Å². The average molecular weight is 315 g/mol. The maximum Gasteiger partial charge on any atom is 0.222 e. The van der Waals surface area contributed by atoms with Crippen LogP contribution in [0.5, 0.6) is 0 Å². The third-order valence-electron chi connectivity index (χ3n) is 3.91. The zero-order valence-electron chi connectivity index (χ0n) is 14.5. The zero-order chi connectivity index (χ0) is 16.2. The Morgan fingerprint density at radius 1 is 1.00 bits per heavy atom. The molecule has 0 unspecified atom stereocenters. The Labute approximate surface area is 135 Å². The van der Waals surface area contributed by atoms with Crippen molar-refractivity contribution in [1.29, 1.82) is 0 Å². The predicted octanol–water partition coefficient (Wildman–Crippen LogP) is 0.429. The van der Waals surface area contributed by atoms with Crippen LogP contribution >= 0.6 is 0 Å². The van der Waals surface area contributed by atoms with Crippen LogP contribution in [0.1, 0.15) is 20.8 Å². The van der Waals surface area contributed by atoms with Gasteiger partial charge in [-0.1, -0.05) is 20.8 Å². The smallest absolute Gasteiger partial charge is 0.222 e. The van der Waals surface area contributed by atoms with Crippen molar-refractivity contribution in [2.24, 2.45) is 5.92 Å². The maximum atomic E-state index is 11.3. The van der Waals surface area contributed by atoms with Gasteiger partial charge in [0.15, 0.2) is 0 Å². The number of amides is 1. The van der Waals surface area contributed by atoms with Gasteiger partial charge in [0.25, 0.3) is 0 Å². The summed E-state index contributed by atoms with van der Waals surface area (Å²) in [5.74, 6) is 0.102. The van der Waals surface area contributed by atoms with Gasteiger partial charge < -0.3 is 19.7 Å². The van der Waals surface area contributed by atoms with Gasteiger partial charge in [-0.15, -0.1) is 0 Å². The van der Waals surface area contributed by atoms with Crippen LogP contribution in [0.25, 0.3) is 0 Å². The van der Waals surface area contributed by atoms with Gasteiger partial charge in [-0.2, -0.15) is 0 Å². The summed E-state index contributed by atoms with van der Waals surface area (Å²) in [6, 6.07) is 0. The minimum atomic E-state index is 0.0301. The SMILES string of the molecule is CCN1CCN(CCOCCOCCNC(=O)C(C)C)CC1.